The number of nitrogens with zero attached hydrogens (tertiary/aromatic N) is 4. The van der Waals surface area contributed by atoms with Gasteiger partial charge in [-0.1, -0.05) is 12.1 Å². The van der Waals surface area contributed by atoms with E-state index in [1.54, 1.807) is 23.3 Å². The van der Waals surface area contributed by atoms with Crippen molar-refractivity contribution in [3.8, 4) is 0 Å². The molecule has 0 saturated carbocycles. The van der Waals surface area contributed by atoms with Gasteiger partial charge < -0.3 is 10.6 Å². The van der Waals surface area contributed by atoms with Crippen molar-refractivity contribution >= 4 is 11.6 Å². The zero-order valence-electron chi connectivity index (χ0n) is 12.3. The highest BCUT2D eigenvalue weighted by Gasteiger charge is 2.11. The highest BCUT2D eigenvalue weighted by Crippen LogP contribution is 2.15. The highest BCUT2D eigenvalue weighted by molar-refractivity contribution is 5.99. The molecule has 2 heterocycles. The summed E-state index contributed by atoms with van der Waals surface area (Å²) in [5.41, 5.74) is 2.27. The van der Waals surface area contributed by atoms with Crippen molar-refractivity contribution in [1.82, 2.24) is 25.3 Å². The normalized spacial score (nSPS) is 10.4. The summed E-state index contributed by atoms with van der Waals surface area (Å²) in [4.78, 5) is 16.4. The molecule has 0 atom stereocenters. The van der Waals surface area contributed by atoms with Crippen LogP contribution in [0.25, 0.3) is 0 Å². The summed E-state index contributed by atoms with van der Waals surface area (Å²) < 4.78 is 1.67. The third-order valence-corrected chi connectivity index (χ3v) is 2.95. The highest BCUT2D eigenvalue weighted by atomic mass is 16.1. The van der Waals surface area contributed by atoms with Gasteiger partial charge >= 0.3 is 0 Å². The number of anilines is 1. The lowest BCUT2D eigenvalue weighted by molar-refractivity contribution is 0.0952. The van der Waals surface area contributed by atoms with Crippen molar-refractivity contribution in [3.63, 3.8) is 0 Å². The first-order valence-corrected chi connectivity index (χ1v) is 7.03. The molecule has 0 aliphatic heterocycles. The largest absolute Gasteiger partial charge is 0.384 e. The molecule has 2 aromatic heterocycles. The van der Waals surface area contributed by atoms with Crippen LogP contribution in [0.15, 0.2) is 24.7 Å². The number of aromatic nitrogens is 4. The van der Waals surface area contributed by atoms with Crippen LogP contribution in [0, 0.1) is 6.92 Å². The molecule has 1 amide bonds. The second-order valence-electron chi connectivity index (χ2n) is 4.72. The van der Waals surface area contributed by atoms with E-state index in [9.17, 15) is 4.79 Å². The molecule has 0 unspecified atom stereocenters. The molecular formula is C14H20N6O. The minimum Gasteiger partial charge on any atom is -0.384 e. The zero-order valence-corrected chi connectivity index (χ0v) is 12.3. The third-order valence-electron chi connectivity index (χ3n) is 2.95. The first kappa shape index (κ1) is 15.0. The Bertz CT molecular complexity index is 581. The molecule has 7 heteroatoms. The smallest absolute Gasteiger partial charge is 0.255 e. The molecule has 2 rings (SSSR count). The van der Waals surface area contributed by atoms with Crippen LogP contribution in [0.2, 0.25) is 0 Å². The van der Waals surface area contributed by atoms with E-state index >= 15 is 0 Å². The van der Waals surface area contributed by atoms with Gasteiger partial charge in [-0.25, -0.2) is 0 Å². The molecule has 0 fully saturated rings. The van der Waals surface area contributed by atoms with E-state index in [1.807, 2.05) is 13.0 Å². The maximum atomic E-state index is 12.2. The summed E-state index contributed by atoms with van der Waals surface area (Å²) in [6.07, 6.45) is 5.97. The van der Waals surface area contributed by atoms with Crippen molar-refractivity contribution in [2.24, 2.45) is 0 Å². The van der Waals surface area contributed by atoms with E-state index < -0.39 is 0 Å². The Balaban J connectivity index is 1.97. The molecule has 0 bridgehead atoms. The second-order valence-corrected chi connectivity index (χ2v) is 4.72. The SMILES string of the molecule is CCCNc1cc(C)ncc1C(=O)NCCn1ccnn1. The zero-order chi connectivity index (χ0) is 15.1. The summed E-state index contributed by atoms with van der Waals surface area (Å²) in [7, 11) is 0. The van der Waals surface area contributed by atoms with Crippen molar-refractivity contribution in [1.29, 1.82) is 0 Å². The molecule has 0 aliphatic carbocycles. The Labute approximate surface area is 123 Å². The van der Waals surface area contributed by atoms with Crippen molar-refractivity contribution in [3.05, 3.63) is 35.9 Å². The van der Waals surface area contributed by atoms with E-state index in [1.165, 1.54) is 0 Å². The fourth-order valence-corrected chi connectivity index (χ4v) is 1.88. The average Bonchev–Trinajstić information content (AvgIpc) is 2.98. The monoisotopic (exact) mass is 288 g/mol. The fraction of sp³-hybridized carbons (Fsp3) is 0.429. The standard InChI is InChI=1S/C14H20N6O/c1-3-4-15-13-9-11(2)17-10-12(13)14(21)16-5-7-20-8-6-18-19-20/h6,8-10H,3-5,7H2,1-2H3,(H,15,17)(H,16,21). The molecule has 0 spiro atoms. The molecule has 21 heavy (non-hydrogen) atoms. The van der Waals surface area contributed by atoms with Crippen molar-refractivity contribution in [2.75, 3.05) is 18.4 Å². The minimum atomic E-state index is -0.138. The molecule has 7 nitrogen and oxygen atoms in total. The predicted octanol–water partition coefficient (Wildman–Crippen LogP) is 1.23. The number of pyridine rings is 1. The van der Waals surface area contributed by atoms with Gasteiger partial charge in [0, 0.05) is 31.2 Å². The number of nitrogens with one attached hydrogen (secondary N) is 2. The lowest BCUT2D eigenvalue weighted by Gasteiger charge is -2.12. The van der Waals surface area contributed by atoms with Crippen LogP contribution < -0.4 is 10.6 Å². The van der Waals surface area contributed by atoms with Gasteiger partial charge in [-0.3, -0.25) is 14.5 Å². The maximum Gasteiger partial charge on any atom is 0.255 e. The third kappa shape index (κ3) is 4.27. The number of rotatable bonds is 7. The van der Waals surface area contributed by atoms with Crippen molar-refractivity contribution in [2.45, 2.75) is 26.8 Å². The van der Waals surface area contributed by atoms with Crippen LogP contribution >= 0.6 is 0 Å². The molecular weight excluding hydrogens is 268 g/mol. The molecule has 0 aromatic carbocycles. The molecule has 0 aliphatic rings. The second kappa shape index (κ2) is 7.37. The van der Waals surface area contributed by atoms with Gasteiger partial charge in [-0.05, 0) is 19.4 Å². The number of carbonyl (C=O) groups excluding carboxylic acids is 1. The first-order chi connectivity index (χ1) is 10.2. The van der Waals surface area contributed by atoms with Gasteiger partial charge in [0.25, 0.3) is 5.91 Å². The van der Waals surface area contributed by atoms with E-state index in [-0.39, 0.29) is 5.91 Å². The average molecular weight is 288 g/mol. The van der Waals surface area contributed by atoms with Crippen LogP contribution in [0.1, 0.15) is 29.4 Å². The maximum absolute atomic E-state index is 12.2. The Hall–Kier alpha value is -2.44. The van der Waals surface area contributed by atoms with Gasteiger partial charge in [-0.15, -0.1) is 5.10 Å². The van der Waals surface area contributed by atoms with Crippen LogP contribution in [0.4, 0.5) is 5.69 Å². The Morgan fingerprint density at radius 1 is 1.38 bits per heavy atom. The quantitative estimate of drug-likeness (QED) is 0.800. The van der Waals surface area contributed by atoms with Gasteiger partial charge in [-0.2, -0.15) is 0 Å². The van der Waals surface area contributed by atoms with E-state index in [4.69, 9.17) is 0 Å². The summed E-state index contributed by atoms with van der Waals surface area (Å²) >= 11 is 0. The van der Waals surface area contributed by atoms with Gasteiger partial charge in [0.05, 0.1) is 24.0 Å². The van der Waals surface area contributed by atoms with E-state index in [0.29, 0.717) is 18.7 Å². The molecule has 2 aromatic rings. The lowest BCUT2D eigenvalue weighted by Crippen LogP contribution is -2.28. The van der Waals surface area contributed by atoms with Crippen LogP contribution in [0.5, 0.6) is 0 Å². The van der Waals surface area contributed by atoms with Crippen LogP contribution in [0.3, 0.4) is 0 Å². The lowest BCUT2D eigenvalue weighted by atomic mass is 10.2. The van der Waals surface area contributed by atoms with Crippen molar-refractivity contribution < 1.29 is 4.79 Å². The molecule has 2 N–H and O–H groups in total. The summed E-state index contributed by atoms with van der Waals surface area (Å²) in [5.74, 6) is -0.138. The Morgan fingerprint density at radius 2 is 2.24 bits per heavy atom. The summed E-state index contributed by atoms with van der Waals surface area (Å²) in [5, 5.41) is 13.7. The van der Waals surface area contributed by atoms with Crippen LogP contribution in [-0.2, 0) is 6.54 Å². The number of hydrogen-bond acceptors (Lipinski definition) is 5. The predicted molar refractivity (Wildman–Crippen MR) is 80.1 cm³/mol. The number of carbonyl (C=O) groups is 1. The van der Waals surface area contributed by atoms with E-state index in [0.717, 1.165) is 24.3 Å². The molecule has 112 valence electrons. The summed E-state index contributed by atoms with van der Waals surface area (Å²) in [6, 6.07) is 1.89. The molecule has 0 saturated heterocycles. The summed E-state index contributed by atoms with van der Waals surface area (Å²) in [6.45, 7) is 5.89. The Morgan fingerprint density at radius 3 is 2.95 bits per heavy atom. The number of hydrogen-bond donors (Lipinski definition) is 2. The number of aryl methyl sites for hydroxylation is 1. The number of amides is 1. The molecule has 0 radical (unpaired) electrons. The fourth-order valence-electron chi connectivity index (χ4n) is 1.88. The topological polar surface area (TPSA) is 84.7 Å². The van der Waals surface area contributed by atoms with Gasteiger partial charge in [0.1, 0.15) is 0 Å². The van der Waals surface area contributed by atoms with E-state index in [2.05, 4.69) is 32.9 Å². The minimum absolute atomic E-state index is 0.138. The first-order valence-electron chi connectivity index (χ1n) is 7.03. The van der Waals surface area contributed by atoms with Crippen LogP contribution in [-0.4, -0.2) is 39.0 Å². The van der Waals surface area contributed by atoms with Gasteiger partial charge in [0.2, 0.25) is 0 Å². The Kier molecular flexibility index (Phi) is 5.25. The van der Waals surface area contributed by atoms with Gasteiger partial charge in [0.15, 0.2) is 0 Å².